The Morgan fingerprint density at radius 1 is 1.27 bits per heavy atom. The van der Waals surface area contributed by atoms with Crippen molar-refractivity contribution in [2.24, 2.45) is 0 Å². The molecule has 1 fully saturated rings. The van der Waals surface area contributed by atoms with E-state index in [1.807, 2.05) is 20.0 Å². The number of benzene rings is 1. The van der Waals surface area contributed by atoms with Gasteiger partial charge in [-0.3, -0.25) is 0 Å². The molecule has 22 heavy (non-hydrogen) atoms. The number of para-hydroxylation sites is 1. The van der Waals surface area contributed by atoms with Crippen LogP contribution in [-0.2, 0) is 10.0 Å². The molecule has 0 radical (unpaired) electrons. The average molecular weight is 322 g/mol. The lowest BCUT2D eigenvalue weighted by atomic mass is 10.2. The molecular weight excluding hydrogens is 300 g/mol. The molecule has 2 heterocycles. The van der Waals surface area contributed by atoms with Crippen molar-refractivity contribution in [1.29, 1.82) is 0 Å². The molecule has 2 aromatic rings. The summed E-state index contributed by atoms with van der Waals surface area (Å²) in [4.78, 5) is 2.48. The largest absolute Gasteiger partial charge is 0.463 e. The van der Waals surface area contributed by atoms with Crippen LogP contribution >= 0.6 is 0 Å². The van der Waals surface area contributed by atoms with E-state index in [0.29, 0.717) is 12.1 Å². The monoisotopic (exact) mass is 322 g/mol. The maximum atomic E-state index is 13.2. The molecule has 0 N–H and O–H groups in total. The summed E-state index contributed by atoms with van der Waals surface area (Å²) in [6.45, 7) is 4.29. The van der Waals surface area contributed by atoms with Crippen LogP contribution < -0.4 is 0 Å². The van der Waals surface area contributed by atoms with Crippen LogP contribution in [-0.4, -0.2) is 50.3 Å². The molecule has 0 spiro atoms. The second-order valence-corrected chi connectivity index (χ2v) is 7.75. The van der Waals surface area contributed by atoms with Gasteiger partial charge in [-0.2, -0.15) is 4.31 Å². The van der Waals surface area contributed by atoms with Gasteiger partial charge in [0.15, 0.2) is 5.58 Å². The van der Waals surface area contributed by atoms with Gasteiger partial charge in [-0.05, 0) is 38.6 Å². The van der Waals surface area contributed by atoms with Crippen molar-refractivity contribution in [3.63, 3.8) is 0 Å². The van der Waals surface area contributed by atoms with Crippen molar-refractivity contribution in [3.05, 3.63) is 30.5 Å². The van der Waals surface area contributed by atoms with Crippen LogP contribution in [0.3, 0.4) is 0 Å². The first-order valence-corrected chi connectivity index (χ1v) is 9.14. The highest BCUT2D eigenvalue weighted by Gasteiger charge is 2.34. The van der Waals surface area contributed by atoms with Crippen LogP contribution in [0.1, 0.15) is 19.8 Å². The molecule has 0 bridgehead atoms. The molecule has 0 aliphatic carbocycles. The van der Waals surface area contributed by atoms with Crippen LogP contribution in [0, 0.1) is 0 Å². The lowest BCUT2D eigenvalue weighted by Crippen LogP contribution is -2.43. The molecule has 1 aliphatic heterocycles. The van der Waals surface area contributed by atoms with Crippen LogP contribution in [0.4, 0.5) is 0 Å². The zero-order valence-electron chi connectivity index (χ0n) is 13.0. The van der Waals surface area contributed by atoms with Crippen molar-refractivity contribution < 1.29 is 12.8 Å². The fourth-order valence-electron chi connectivity index (χ4n) is 3.17. The predicted octanol–water partition coefficient (Wildman–Crippen LogP) is 2.54. The summed E-state index contributed by atoms with van der Waals surface area (Å²) in [5, 5.41) is 0.820. The molecule has 1 aromatic heterocycles. The summed E-state index contributed by atoms with van der Waals surface area (Å²) in [5.41, 5.74) is 0.454. The molecule has 3 rings (SSSR count). The van der Waals surface area contributed by atoms with Gasteiger partial charge in [0.1, 0.15) is 4.90 Å². The van der Waals surface area contributed by atoms with Gasteiger partial charge in [0.25, 0.3) is 0 Å². The molecule has 6 heteroatoms. The Balaban J connectivity index is 2.06. The van der Waals surface area contributed by atoms with Crippen molar-refractivity contribution in [2.75, 3.05) is 26.7 Å². The number of fused-ring (bicyclic) bond motifs is 1. The first-order valence-electron chi connectivity index (χ1n) is 7.70. The summed E-state index contributed by atoms with van der Waals surface area (Å²) in [6.07, 6.45) is 3.19. The fraction of sp³-hybridized carbons (Fsp3) is 0.500. The Hall–Kier alpha value is -1.37. The molecule has 1 aliphatic rings. The minimum Gasteiger partial charge on any atom is -0.463 e. The third-order valence-electron chi connectivity index (χ3n) is 4.35. The smallest absolute Gasteiger partial charge is 0.247 e. The van der Waals surface area contributed by atoms with E-state index in [0.717, 1.165) is 31.3 Å². The maximum absolute atomic E-state index is 13.2. The highest BCUT2D eigenvalue weighted by molar-refractivity contribution is 7.89. The molecular formula is C16H22N2O3S. The Morgan fingerprint density at radius 2 is 2.09 bits per heavy atom. The lowest BCUT2D eigenvalue weighted by molar-refractivity contribution is 0.270. The number of rotatable bonds is 3. The normalized spacial score (nSPS) is 22.0. The molecule has 0 unspecified atom stereocenters. The van der Waals surface area contributed by atoms with E-state index in [1.165, 1.54) is 6.26 Å². The van der Waals surface area contributed by atoms with E-state index in [2.05, 4.69) is 4.90 Å². The molecule has 0 amide bonds. The fourth-order valence-corrected chi connectivity index (χ4v) is 5.05. The Kier molecular flexibility index (Phi) is 4.25. The van der Waals surface area contributed by atoms with E-state index in [1.54, 1.807) is 22.5 Å². The summed E-state index contributed by atoms with van der Waals surface area (Å²) in [6, 6.07) is 7.08. The second-order valence-electron chi connectivity index (χ2n) is 5.89. The first-order chi connectivity index (χ1) is 10.5. The zero-order valence-corrected chi connectivity index (χ0v) is 13.8. The Labute approximate surface area is 131 Å². The first kappa shape index (κ1) is 15.5. The molecule has 0 saturated carbocycles. The SMILES string of the molecule is CC[C@@H]1CN(C)CCCN1S(=O)(=O)c1cccc2ccoc12. The van der Waals surface area contributed by atoms with Gasteiger partial charge in [-0.15, -0.1) is 0 Å². The summed E-state index contributed by atoms with van der Waals surface area (Å²) in [7, 11) is -1.51. The van der Waals surface area contributed by atoms with Gasteiger partial charge in [0.05, 0.1) is 6.26 Å². The van der Waals surface area contributed by atoms with Gasteiger partial charge >= 0.3 is 0 Å². The van der Waals surface area contributed by atoms with E-state index in [-0.39, 0.29) is 10.9 Å². The third-order valence-corrected chi connectivity index (χ3v) is 6.32. The lowest BCUT2D eigenvalue weighted by Gasteiger charge is -2.29. The van der Waals surface area contributed by atoms with Crippen molar-refractivity contribution in [3.8, 4) is 0 Å². The van der Waals surface area contributed by atoms with E-state index in [4.69, 9.17) is 4.42 Å². The van der Waals surface area contributed by atoms with Crippen LogP contribution in [0.25, 0.3) is 11.0 Å². The highest BCUT2D eigenvalue weighted by atomic mass is 32.2. The van der Waals surface area contributed by atoms with E-state index < -0.39 is 10.0 Å². The average Bonchev–Trinajstić information content (AvgIpc) is 2.89. The van der Waals surface area contributed by atoms with Gasteiger partial charge in [0, 0.05) is 24.5 Å². The van der Waals surface area contributed by atoms with Crippen molar-refractivity contribution in [1.82, 2.24) is 9.21 Å². The van der Waals surface area contributed by atoms with Crippen molar-refractivity contribution >= 4 is 21.0 Å². The van der Waals surface area contributed by atoms with Crippen LogP contribution in [0.15, 0.2) is 39.8 Å². The van der Waals surface area contributed by atoms with Gasteiger partial charge in [-0.1, -0.05) is 19.1 Å². The number of furan rings is 1. The number of hydrogen-bond donors (Lipinski definition) is 0. The molecule has 1 saturated heterocycles. The minimum atomic E-state index is -3.55. The van der Waals surface area contributed by atoms with Gasteiger partial charge < -0.3 is 9.32 Å². The minimum absolute atomic E-state index is 0.00252. The van der Waals surface area contributed by atoms with Gasteiger partial charge in [0.2, 0.25) is 10.0 Å². The molecule has 1 aromatic carbocycles. The van der Waals surface area contributed by atoms with Gasteiger partial charge in [-0.25, -0.2) is 8.42 Å². The quantitative estimate of drug-likeness (QED) is 0.871. The standard InChI is InChI=1S/C16H22N2O3S/c1-3-14-12-17(2)9-5-10-18(14)22(19,20)15-7-4-6-13-8-11-21-16(13)15/h4,6-8,11,14H,3,5,9-10,12H2,1-2H3/t14-/m1/s1. The third kappa shape index (κ3) is 2.66. The second kappa shape index (κ2) is 6.02. The van der Waals surface area contributed by atoms with E-state index in [9.17, 15) is 8.42 Å². The van der Waals surface area contributed by atoms with Crippen LogP contribution in [0.5, 0.6) is 0 Å². The number of nitrogens with zero attached hydrogens (tertiary/aromatic N) is 2. The maximum Gasteiger partial charge on any atom is 0.247 e. The Morgan fingerprint density at radius 3 is 2.86 bits per heavy atom. The summed E-state index contributed by atoms with van der Waals surface area (Å²) < 4.78 is 33.4. The molecule has 120 valence electrons. The predicted molar refractivity (Wildman–Crippen MR) is 86.3 cm³/mol. The number of likely N-dealkylation sites (N-methyl/N-ethyl adjacent to an activating group) is 1. The topological polar surface area (TPSA) is 53.8 Å². The Bertz CT molecular complexity index is 754. The number of sulfonamides is 1. The number of hydrogen-bond acceptors (Lipinski definition) is 4. The molecule has 1 atom stereocenters. The summed E-state index contributed by atoms with van der Waals surface area (Å²) in [5.74, 6) is 0. The van der Waals surface area contributed by atoms with Crippen LogP contribution in [0.2, 0.25) is 0 Å². The van der Waals surface area contributed by atoms with Crippen molar-refractivity contribution in [2.45, 2.75) is 30.7 Å². The highest BCUT2D eigenvalue weighted by Crippen LogP contribution is 2.29. The summed E-state index contributed by atoms with van der Waals surface area (Å²) >= 11 is 0. The van der Waals surface area contributed by atoms with E-state index >= 15 is 0 Å². The molecule has 5 nitrogen and oxygen atoms in total. The zero-order chi connectivity index (χ0) is 15.7.